The Balaban J connectivity index is 1.55. The number of anilines is 2. The van der Waals surface area contributed by atoms with Gasteiger partial charge in [-0.3, -0.25) is 4.90 Å². The van der Waals surface area contributed by atoms with Crippen molar-refractivity contribution in [3.63, 3.8) is 0 Å². The van der Waals surface area contributed by atoms with Crippen LogP contribution >= 0.6 is 0 Å². The van der Waals surface area contributed by atoms with Crippen LogP contribution in [0.3, 0.4) is 0 Å². The van der Waals surface area contributed by atoms with Gasteiger partial charge >= 0.3 is 0 Å². The molecule has 5 nitrogen and oxygen atoms in total. The number of nitrogens with zero attached hydrogens (tertiary/aromatic N) is 4. The highest BCUT2D eigenvalue weighted by atomic mass is 15.3. The second-order valence-electron chi connectivity index (χ2n) is 5.75. The molecule has 0 aliphatic carbocycles. The molecule has 0 saturated carbocycles. The normalized spacial score (nSPS) is 16.0. The lowest BCUT2D eigenvalue weighted by molar-refractivity contribution is 0.248. The van der Waals surface area contributed by atoms with E-state index >= 15 is 0 Å². The van der Waals surface area contributed by atoms with E-state index in [9.17, 15) is 0 Å². The first-order valence-corrected chi connectivity index (χ1v) is 7.87. The van der Waals surface area contributed by atoms with E-state index < -0.39 is 0 Å². The summed E-state index contributed by atoms with van der Waals surface area (Å²) < 4.78 is 0. The van der Waals surface area contributed by atoms with Gasteiger partial charge < -0.3 is 10.6 Å². The predicted molar refractivity (Wildman–Crippen MR) is 89.8 cm³/mol. The van der Waals surface area contributed by atoms with Crippen LogP contribution in [0.5, 0.6) is 0 Å². The first kappa shape index (κ1) is 14.8. The predicted octanol–water partition coefficient (Wildman–Crippen LogP) is 1.94. The summed E-state index contributed by atoms with van der Waals surface area (Å²) in [6, 6.07) is 8.14. The summed E-state index contributed by atoms with van der Waals surface area (Å²) in [6.45, 7) is 7.05. The molecule has 1 saturated heterocycles. The lowest BCUT2D eigenvalue weighted by Gasteiger charge is -2.34. The van der Waals surface area contributed by atoms with E-state index in [2.05, 4.69) is 38.8 Å². The molecule has 5 heteroatoms. The summed E-state index contributed by atoms with van der Waals surface area (Å²) >= 11 is 0. The van der Waals surface area contributed by atoms with Gasteiger partial charge in [0.05, 0.1) is 0 Å². The Kier molecular flexibility index (Phi) is 4.53. The first-order chi connectivity index (χ1) is 10.7. The molecule has 1 aliphatic rings. The number of hydrogen-bond acceptors (Lipinski definition) is 5. The van der Waals surface area contributed by atoms with Crippen LogP contribution in [0.1, 0.15) is 18.1 Å². The Morgan fingerprint density at radius 1 is 1.05 bits per heavy atom. The Bertz CT molecular complexity index is 603. The van der Waals surface area contributed by atoms with Gasteiger partial charge in [0.1, 0.15) is 0 Å². The number of hydrogen-bond donors (Lipinski definition) is 1. The van der Waals surface area contributed by atoms with Crippen molar-refractivity contribution >= 4 is 11.6 Å². The summed E-state index contributed by atoms with van der Waals surface area (Å²) in [5, 5.41) is 0. The van der Waals surface area contributed by atoms with Crippen LogP contribution in [0.4, 0.5) is 11.6 Å². The largest absolute Gasteiger partial charge is 0.399 e. The quantitative estimate of drug-likeness (QED) is 0.874. The molecule has 3 rings (SSSR count). The van der Waals surface area contributed by atoms with Crippen molar-refractivity contribution in [3.05, 3.63) is 47.8 Å². The van der Waals surface area contributed by atoms with Crippen molar-refractivity contribution in [2.45, 2.75) is 19.9 Å². The third-order valence-corrected chi connectivity index (χ3v) is 4.11. The van der Waals surface area contributed by atoms with Gasteiger partial charge in [-0.05, 0) is 29.7 Å². The fourth-order valence-corrected chi connectivity index (χ4v) is 2.75. The van der Waals surface area contributed by atoms with Crippen molar-refractivity contribution in [2.75, 3.05) is 36.8 Å². The van der Waals surface area contributed by atoms with Crippen LogP contribution in [0.15, 0.2) is 36.7 Å². The minimum absolute atomic E-state index is 0.834. The Morgan fingerprint density at radius 3 is 2.41 bits per heavy atom. The number of nitrogens with two attached hydrogens (primary N) is 1. The average Bonchev–Trinajstić information content (AvgIpc) is 2.56. The summed E-state index contributed by atoms with van der Waals surface area (Å²) in [7, 11) is 0. The van der Waals surface area contributed by atoms with Gasteiger partial charge in [0.25, 0.3) is 0 Å². The standard InChI is InChI=1S/C17H23N5/c1-2-14-11-19-17(20-12-14)22-8-6-21(7-9-22)13-15-4-3-5-16(18)10-15/h3-5,10-12H,2,6-9,13,18H2,1H3. The Labute approximate surface area is 131 Å². The first-order valence-electron chi connectivity index (χ1n) is 7.87. The molecule has 1 fully saturated rings. The van der Waals surface area contributed by atoms with Crippen LogP contribution in [0, 0.1) is 0 Å². The van der Waals surface area contributed by atoms with Gasteiger partial charge in [0.15, 0.2) is 0 Å². The van der Waals surface area contributed by atoms with Gasteiger partial charge in [-0.15, -0.1) is 0 Å². The smallest absolute Gasteiger partial charge is 0.225 e. The zero-order valence-corrected chi connectivity index (χ0v) is 13.1. The molecule has 0 bridgehead atoms. The minimum atomic E-state index is 0.834. The molecule has 0 amide bonds. The van der Waals surface area contributed by atoms with E-state index in [1.54, 1.807) is 0 Å². The van der Waals surface area contributed by atoms with E-state index in [0.717, 1.165) is 50.8 Å². The SMILES string of the molecule is CCc1cnc(N2CCN(Cc3cccc(N)c3)CC2)nc1. The van der Waals surface area contributed by atoms with Crippen LogP contribution in [0.25, 0.3) is 0 Å². The topological polar surface area (TPSA) is 58.3 Å². The minimum Gasteiger partial charge on any atom is -0.399 e. The summed E-state index contributed by atoms with van der Waals surface area (Å²) in [5.41, 5.74) is 9.14. The van der Waals surface area contributed by atoms with Crippen molar-refractivity contribution < 1.29 is 0 Å². The number of aromatic nitrogens is 2. The maximum atomic E-state index is 5.84. The van der Waals surface area contributed by atoms with Crippen molar-refractivity contribution in [1.82, 2.24) is 14.9 Å². The van der Waals surface area contributed by atoms with Crippen LogP contribution < -0.4 is 10.6 Å². The highest BCUT2D eigenvalue weighted by Gasteiger charge is 2.18. The summed E-state index contributed by atoms with van der Waals surface area (Å²) in [6.07, 6.45) is 4.84. The number of piperazine rings is 1. The van der Waals surface area contributed by atoms with E-state index in [1.165, 1.54) is 11.1 Å². The maximum Gasteiger partial charge on any atom is 0.225 e. The van der Waals surface area contributed by atoms with Gasteiger partial charge in [-0.1, -0.05) is 19.1 Å². The number of rotatable bonds is 4. The molecule has 22 heavy (non-hydrogen) atoms. The van der Waals surface area contributed by atoms with Gasteiger partial charge in [-0.25, -0.2) is 9.97 Å². The molecule has 1 aliphatic heterocycles. The third-order valence-electron chi connectivity index (χ3n) is 4.11. The zero-order chi connectivity index (χ0) is 15.4. The van der Waals surface area contributed by atoms with Crippen LogP contribution in [-0.2, 0) is 13.0 Å². The zero-order valence-electron chi connectivity index (χ0n) is 13.1. The van der Waals surface area contributed by atoms with Gasteiger partial charge in [0, 0.05) is 50.8 Å². The third kappa shape index (κ3) is 3.54. The van der Waals surface area contributed by atoms with E-state index in [-0.39, 0.29) is 0 Å². The maximum absolute atomic E-state index is 5.84. The molecule has 1 aromatic heterocycles. The number of benzene rings is 1. The molecule has 0 radical (unpaired) electrons. The van der Waals surface area contributed by atoms with E-state index in [0.29, 0.717) is 0 Å². The summed E-state index contributed by atoms with van der Waals surface area (Å²) in [4.78, 5) is 13.7. The fraction of sp³-hybridized carbons (Fsp3) is 0.412. The molecule has 2 heterocycles. The summed E-state index contributed by atoms with van der Waals surface area (Å²) in [5.74, 6) is 0.848. The monoisotopic (exact) mass is 297 g/mol. The highest BCUT2D eigenvalue weighted by molar-refractivity contribution is 5.40. The molecular formula is C17H23N5. The molecule has 0 unspecified atom stereocenters. The van der Waals surface area contributed by atoms with Gasteiger partial charge in [0.2, 0.25) is 5.95 Å². The number of nitrogen functional groups attached to an aromatic ring is 1. The van der Waals surface area contributed by atoms with Crippen molar-refractivity contribution in [2.24, 2.45) is 0 Å². The van der Waals surface area contributed by atoms with Crippen LogP contribution in [-0.4, -0.2) is 41.0 Å². The Morgan fingerprint density at radius 2 is 1.77 bits per heavy atom. The molecule has 1 aromatic carbocycles. The number of aryl methyl sites for hydroxylation is 1. The molecule has 0 atom stereocenters. The van der Waals surface area contributed by atoms with Gasteiger partial charge in [-0.2, -0.15) is 0 Å². The fourth-order valence-electron chi connectivity index (χ4n) is 2.75. The highest BCUT2D eigenvalue weighted by Crippen LogP contribution is 2.14. The molecular weight excluding hydrogens is 274 g/mol. The Hall–Kier alpha value is -2.14. The van der Waals surface area contributed by atoms with E-state index in [4.69, 9.17) is 5.73 Å². The van der Waals surface area contributed by atoms with E-state index in [1.807, 2.05) is 24.5 Å². The second-order valence-corrected chi connectivity index (χ2v) is 5.75. The van der Waals surface area contributed by atoms with Crippen LogP contribution in [0.2, 0.25) is 0 Å². The lowest BCUT2D eigenvalue weighted by Crippen LogP contribution is -2.46. The molecule has 2 aromatic rings. The second kappa shape index (κ2) is 6.75. The molecule has 2 N–H and O–H groups in total. The lowest BCUT2D eigenvalue weighted by atomic mass is 10.2. The van der Waals surface area contributed by atoms with Crippen molar-refractivity contribution in [1.29, 1.82) is 0 Å². The van der Waals surface area contributed by atoms with Crippen molar-refractivity contribution in [3.8, 4) is 0 Å². The average molecular weight is 297 g/mol. The molecule has 0 spiro atoms. The molecule has 116 valence electrons.